The van der Waals surface area contributed by atoms with Gasteiger partial charge in [0.05, 0.1) is 13.2 Å². The zero-order chi connectivity index (χ0) is 63.3. The largest absolute Gasteiger partial charge is 0.478 e. The second kappa shape index (κ2) is 44.0. The summed E-state index contributed by atoms with van der Waals surface area (Å²) in [4.78, 5) is 77.9. The molecule has 2 aliphatic rings. The molecular formula is C54H105BN7O19P3. The molecule has 0 amide bonds. The predicted octanol–water partition coefficient (Wildman–Crippen LogP) is 6.94. The Kier molecular flexibility index (Phi) is 41.7. The van der Waals surface area contributed by atoms with Crippen molar-refractivity contribution >= 4 is 30.7 Å². The van der Waals surface area contributed by atoms with E-state index in [2.05, 4.69) is 94.7 Å². The number of nitrogens with zero attached hydrogens (tertiary/aromatic N) is 5. The summed E-state index contributed by atoms with van der Waals surface area (Å²) in [7, 11) is -11.5. The SMILES string of the molecule is CCCCN(CCCC)CCCC.CCCCN(CCCC)CCCC.CCCCN(CCCC)CCCC.[B]P(=O)(OP(=O)(O)OC[C@H]1O[C@@H](n2ccc(=O)[nH]c2=O)[C@H](O)[C@@H]1O)OP(=O)(O)OC[C@H]1O[C@@H](n2ccc(=O)[nH]c2=O)[C@H](O)[C@@H]1O. The molecular weight excluding hydrogens is 1150 g/mol. The number of unbranched alkanes of at least 4 members (excludes halogenated alkanes) is 9. The summed E-state index contributed by atoms with van der Waals surface area (Å²) >= 11 is 0. The first-order valence-electron chi connectivity index (χ1n) is 30.4. The monoisotopic (exact) mass is 1260 g/mol. The lowest BCUT2D eigenvalue weighted by molar-refractivity contribution is -0.0545. The molecule has 0 saturated carbocycles. The molecule has 84 heavy (non-hydrogen) atoms. The molecule has 30 heteroatoms. The summed E-state index contributed by atoms with van der Waals surface area (Å²) < 4.78 is 66.3. The first-order chi connectivity index (χ1) is 39.8. The maximum atomic E-state index is 12.4. The minimum absolute atomic E-state index is 0.699. The Bertz CT molecular complexity index is 2200. The van der Waals surface area contributed by atoms with E-state index >= 15 is 0 Å². The zero-order valence-electron chi connectivity index (χ0n) is 51.6. The van der Waals surface area contributed by atoms with Crippen molar-refractivity contribution < 1.29 is 71.1 Å². The van der Waals surface area contributed by atoms with Crippen LogP contribution in [0.1, 0.15) is 190 Å². The second-order valence-corrected chi connectivity index (χ2v) is 25.8. The number of phosphoric ester groups is 2. The van der Waals surface area contributed by atoms with Crippen molar-refractivity contribution in [3.8, 4) is 0 Å². The quantitative estimate of drug-likeness (QED) is 0.0248. The van der Waals surface area contributed by atoms with Gasteiger partial charge in [-0.3, -0.25) is 42.3 Å². The fraction of sp³-hybridized carbons (Fsp3) is 0.852. The van der Waals surface area contributed by atoms with Crippen LogP contribution in [-0.2, 0) is 40.8 Å². The van der Waals surface area contributed by atoms with Crippen LogP contribution in [0.15, 0.2) is 43.7 Å². The Morgan fingerprint density at radius 3 is 0.917 bits per heavy atom. The Morgan fingerprint density at radius 2 is 0.702 bits per heavy atom. The van der Waals surface area contributed by atoms with Crippen molar-refractivity contribution in [2.75, 3.05) is 72.1 Å². The van der Waals surface area contributed by atoms with Crippen molar-refractivity contribution in [2.24, 2.45) is 0 Å². The molecule has 2 radical (unpaired) electrons. The Labute approximate surface area is 499 Å². The standard InChI is InChI=1S/C18H24BN4O19P3.3C12H27N/c19-43(32,41-44(33,34)37-5-7-11(26)13(28)15(39-7)22-3-1-9(24)20-17(22)30)42-45(35,36)38-6-8-12(27)14(29)16(40-8)23-4-2-10(25)21-18(23)31;3*1-4-7-10-13(11-8-5-2)12-9-6-3/h1-4,7-8,11-16,26-29H,5-6H2,(H,33,34)(H,35,36)(H,20,24,30)(H,21,25,31);3*4-12H2,1-3H3/t7-,8-,11-,12-,13-,14-,15-,16-;;;/m1.../s1. The number of aromatic nitrogens is 4. The molecule has 2 fully saturated rings. The van der Waals surface area contributed by atoms with Gasteiger partial charge in [0.1, 0.15) is 36.6 Å². The number of aliphatic hydroxyl groups is 4. The van der Waals surface area contributed by atoms with Crippen LogP contribution in [0, 0.1) is 0 Å². The van der Waals surface area contributed by atoms with Gasteiger partial charge in [-0.2, -0.15) is 0 Å². The summed E-state index contributed by atoms with van der Waals surface area (Å²) in [6.45, 7) is 30.2. The van der Waals surface area contributed by atoms with Gasteiger partial charge >= 0.3 is 27.0 Å². The van der Waals surface area contributed by atoms with E-state index in [9.17, 15) is 63.1 Å². The van der Waals surface area contributed by atoms with Crippen LogP contribution >= 0.6 is 23.1 Å². The molecule has 0 aliphatic carbocycles. The average molecular weight is 1260 g/mol. The van der Waals surface area contributed by atoms with Crippen molar-refractivity contribution in [3.05, 3.63) is 66.2 Å². The molecule has 2 aliphatic heterocycles. The summed E-state index contributed by atoms with van der Waals surface area (Å²) in [5.74, 6) is 0. The van der Waals surface area contributed by atoms with Crippen LogP contribution in [-0.4, -0.2) is 180 Å². The molecule has 4 rings (SSSR count). The van der Waals surface area contributed by atoms with E-state index in [1.54, 1.807) is 0 Å². The highest BCUT2D eigenvalue weighted by molar-refractivity contribution is 7.86. The maximum Gasteiger partial charge on any atom is 0.478 e. The molecule has 0 aromatic carbocycles. The predicted molar refractivity (Wildman–Crippen MR) is 325 cm³/mol. The number of rotatable bonds is 39. The normalized spacial score (nSPS) is 22.5. The van der Waals surface area contributed by atoms with Crippen LogP contribution in [0.5, 0.6) is 0 Å². The number of nitrogens with one attached hydrogen (secondary N) is 2. The van der Waals surface area contributed by atoms with E-state index in [1.165, 1.54) is 174 Å². The zero-order valence-corrected chi connectivity index (χ0v) is 54.3. The van der Waals surface area contributed by atoms with Gasteiger partial charge in [-0.15, -0.1) is 0 Å². The van der Waals surface area contributed by atoms with Gasteiger partial charge in [-0.05, 0) is 117 Å². The molecule has 4 heterocycles. The molecule has 0 bridgehead atoms. The number of aromatic amines is 2. The molecule has 2 saturated heterocycles. The fourth-order valence-corrected chi connectivity index (χ4v) is 12.3. The number of H-pyrrole nitrogens is 2. The van der Waals surface area contributed by atoms with Gasteiger partial charge in [0.25, 0.3) is 18.6 Å². The van der Waals surface area contributed by atoms with Gasteiger partial charge in [0.2, 0.25) is 7.57 Å². The van der Waals surface area contributed by atoms with E-state index in [-0.39, 0.29) is 0 Å². The van der Waals surface area contributed by atoms with E-state index in [1.807, 2.05) is 9.97 Å². The van der Waals surface area contributed by atoms with Crippen LogP contribution in [0.3, 0.4) is 0 Å². The Hall–Kier alpha value is -2.49. The molecule has 2 aromatic heterocycles. The number of aliphatic hydroxyl groups excluding tert-OH is 4. The van der Waals surface area contributed by atoms with Crippen molar-refractivity contribution in [3.63, 3.8) is 0 Å². The van der Waals surface area contributed by atoms with Crippen molar-refractivity contribution in [2.45, 2.75) is 227 Å². The topological polar surface area (TPSA) is 347 Å². The minimum Gasteiger partial charge on any atom is -0.387 e. The van der Waals surface area contributed by atoms with Gasteiger partial charge in [0.15, 0.2) is 12.5 Å². The number of hydrogen-bond donors (Lipinski definition) is 8. The Morgan fingerprint density at radius 1 is 0.464 bits per heavy atom. The molecule has 26 nitrogen and oxygen atoms in total. The van der Waals surface area contributed by atoms with Crippen LogP contribution < -0.4 is 22.5 Å². The van der Waals surface area contributed by atoms with Crippen LogP contribution in [0.2, 0.25) is 0 Å². The second-order valence-electron chi connectivity index (χ2n) is 21.1. The highest BCUT2D eigenvalue weighted by Crippen LogP contribution is 2.67. The molecule has 2 aromatic rings. The summed E-state index contributed by atoms with van der Waals surface area (Å²) in [6.07, 6.45) is 12.4. The van der Waals surface area contributed by atoms with Crippen LogP contribution in [0.25, 0.3) is 0 Å². The third kappa shape index (κ3) is 32.1. The van der Waals surface area contributed by atoms with Crippen LogP contribution in [0.4, 0.5) is 0 Å². The highest BCUT2D eigenvalue weighted by Gasteiger charge is 2.48. The van der Waals surface area contributed by atoms with Gasteiger partial charge in [-0.1, -0.05) is 120 Å². The average Bonchev–Trinajstić information content (AvgIpc) is 3.05. The van der Waals surface area contributed by atoms with Gasteiger partial charge < -0.3 is 54.4 Å². The smallest absolute Gasteiger partial charge is 0.387 e. The number of hydrogen-bond acceptors (Lipinski definition) is 20. The highest BCUT2D eigenvalue weighted by atomic mass is 31.3. The first-order valence-corrected chi connectivity index (χ1v) is 35.0. The lowest BCUT2D eigenvalue weighted by Crippen LogP contribution is -2.37. The lowest BCUT2D eigenvalue weighted by atomic mass is 10.1. The number of phosphoric acid groups is 2. The summed E-state index contributed by atoms with van der Waals surface area (Å²) in [6, 6.07) is 1.82. The molecule has 10 atom stereocenters. The maximum absolute atomic E-state index is 12.4. The van der Waals surface area contributed by atoms with E-state index < -0.39 is 108 Å². The number of ether oxygens (including phenoxy) is 2. The van der Waals surface area contributed by atoms with Crippen molar-refractivity contribution in [1.82, 2.24) is 33.8 Å². The van der Waals surface area contributed by atoms with Crippen molar-refractivity contribution in [1.29, 1.82) is 0 Å². The van der Waals surface area contributed by atoms with E-state index in [4.69, 9.17) is 17.0 Å². The molecule has 8 N–H and O–H groups in total. The summed E-state index contributed by atoms with van der Waals surface area (Å²) in [5.41, 5.74) is -3.59. The summed E-state index contributed by atoms with van der Waals surface area (Å²) in [5, 5.41) is 40.8. The van der Waals surface area contributed by atoms with E-state index in [0.717, 1.165) is 24.5 Å². The van der Waals surface area contributed by atoms with Gasteiger partial charge in [-0.25, -0.2) is 27.3 Å². The minimum atomic E-state index is -5.56. The fourth-order valence-electron chi connectivity index (χ4n) is 8.58. The molecule has 2 unspecified atom stereocenters. The molecule has 0 spiro atoms. The van der Waals surface area contributed by atoms with E-state index in [0.29, 0.717) is 9.13 Å². The third-order valence-electron chi connectivity index (χ3n) is 13.6. The lowest BCUT2D eigenvalue weighted by Gasteiger charge is -2.23. The Balaban J connectivity index is 0.000000730. The third-order valence-corrected chi connectivity index (χ3v) is 18.0. The first kappa shape index (κ1) is 79.5. The molecule has 488 valence electrons. The van der Waals surface area contributed by atoms with Gasteiger partial charge in [0, 0.05) is 24.5 Å².